The van der Waals surface area contributed by atoms with Gasteiger partial charge in [-0.2, -0.15) is 0 Å². The van der Waals surface area contributed by atoms with E-state index in [0.29, 0.717) is 11.3 Å². The number of rotatable bonds is 1. The first-order valence-corrected chi connectivity index (χ1v) is 7.97. The van der Waals surface area contributed by atoms with Crippen LogP contribution in [0, 0.1) is 5.82 Å². The number of aromatic hydroxyl groups is 1. The maximum atomic E-state index is 14.7. The molecule has 0 spiro atoms. The highest BCUT2D eigenvalue weighted by Crippen LogP contribution is 2.54. The van der Waals surface area contributed by atoms with Crippen molar-refractivity contribution in [2.45, 2.75) is 43.6 Å². The van der Waals surface area contributed by atoms with Gasteiger partial charge < -0.3 is 9.84 Å². The lowest BCUT2D eigenvalue weighted by atomic mass is 9.68. The number of ether oxygens (including phenoxy) is 1. The van der Waals surface area contributed by atoms with Crippen LogP contribution in [0.4, 0.5) is 4.39 Å². The second-order valence-electron chi connectivity index (χ2n) is 6.34. The lowest BCUT2D eigenvalue weighted by Crippen LogP contribution is -2.38. The van der Waals surface area contributed by atoms with Crippen molar-refractivity contribution in [2.24, 2.45) is 0 Å². The van der Waals surface area contributed by atoms with Crippen LogP contribution in [0.3, 0.4) is 0 Å². The van der Waals surface area contributed by atoms with E-state index in [0.717, 1.165) is 37.7 Å². The average molecular weight is 298 g/mol. The maximum Gasteiger partial charge on any atom is 0.131 e. The predicted molar refractivity (Wildman–Crippen MR) is 82.8 cm³/mol. The van der Waals surface area contributed by atoms with Gasteiger partial charge in [-0.25, -0.2) is 4.39 Å². The molecule has 114 valence electrons. The largest absolute Gasteiger partial charge is 0.508 e. The number of benzene rings is 2. The van der Waals surface area contributed by atoms with Crippen molar-refractivity contribution in [1.82, 2.24) is 0 Å². The molecule has 2 aromatic rings. The van der Waals surface area contributed by atoms with Crippen molar-refractivity contribution in [1.29, 1.82) is 0 Å². The fourth-order valence-corrected chi connectivity index (χ4v) is 4.19. The SMILES string of the molecule is Oc1ccc([C@@]23CCCCC[C@@H]2Oc2cccc(F)c23)cc1. The zero-order chi connectivity index (χ0) is 15.2. The molecule has 0 unspecified atom stereocenters. The molecule has 1 N–H and O–H groups in total. The van der Waals surface area contributed by atoms with E-state index in [1.807, 2.05) is 18.2 Å². The van der Waals surface area contributed by atoms with Crippen molar-refractivity contribution in [3.8, 4) is 11.5 Å². The molecule has 3 heteroatoms. The summed E-state index contributed by atoms with van der Waals surface area (Å²) in [5.41, 5.74) is 1.32. The summed E-state index contributed by atoms with van der Waals surface area (Å²) < 4.78 is 20.8. The number of hydrogen-bond acceptors (Lipinski definition) is 2. The minimum absolute atomic E-state index is 0.0218. The Kier molecular flexibility index (Phi) is 3.10. The van der Waals surface area contributed by atoms with E-state index >= 15 is 0 Å². The zero-order valence-electron chi connectivity index (χ0n) is 12.4. The lowest BCUT2D eigenvalue weighted by Gasteiger charge is -2.34. The lowest BCUT2D eigenvalue weighted by molar-refractivity contribution is 0.158. The second kappa shape index (κ2) is 5.01. The van der Waals surface area contributed by atoms with Gasteiger partial charge in [-0.3, -0.25) is 0 Å². The van der Waals surface area contributed by atoms with Gasteiger partial charge in [0, 0.05) is 5.56 Å². The molecule has 22 heavy (non-hydrogen) atoms. The summed E-state index contributed by atoms with van der Waals surface area (Å²) in [6.07, 6.45) is 5.13. The van der Waals surface area contributed by atoms with E-state index in [4.69, 9.17) is 4.74 Å². The van der Waals surface area contributed by atoms with Crippen LogP contribution in [0.5, 0.6) is 11.5 Å². The first kappa shape index (κ1) is 13.6. The van der Waals surface area contributed by atoms with E-state index in [1.165, 1.54) is 6.07 Å². The summed E-state index contributed by atoms with van der Waals surface area (Å²) in [5, 5.41) is 9.59. The van der Waals surface area contributed by atoms with Crippen LogP contribution >= 0.6 is 0 Å². The van der Waals surface area contributed by atoms with Crippen LogP contribution in [0.1, 0.15) is 43.2 Å². The van der Waals surface area contributed by atoms with Gasteiger partial charge in [0.1, 0.15) is 23.4 Å². The van der Waals surface area contributed by atoms with Crippen molar-refractivity contribution in [3.05, 3.63) is 59.4 Å². The first-order chi connectivity index (χ1) is 10.7. The van der Waals surface area contributed by atoms with Gasteiger partial charge in [-0.15, -0.1) is 0 Å². The Morgan fingerprint density at radius 1 is 1.05 bits per heavy atom. The Bertz CT molecular complexity index is 695. The van der Waals surface area contributed by atoms with Gasteiger partial charge >= 0.3 is 0 Å². The van der Waals surface area contributed by atoms with Crippen molar-refractivity contribution < 1.29 is 14.2 Å². The molecule has 0 radical (unpaired) electrons. The number of fused-ring (bicyclic) bond motifs is 3. The average Bonchev–Trinajstić information content (AvgIpc) is 2.70. The Labute approximate surface area is 129 Å². The molecule has 4 rings (SSSR count). The maximum absolute atomic E-state index is 14.7. The molecule has 1 fully saturated rings. The van der Waals surface area contributed by atoms with Gasteiger partial charge in [-0.05, 0) is 49.1 Å². The highest BCUT2D eigenvalue weighted by molar-refractivity contribution is 5.53. The predicted octanol–water partition coefficient (Wildman–Crippen LogP) is 4.54. The third-order valence-corrected chi connectivity index (χ3v) is 5.16. The molecule has 0 saturated heterocycles. The molecule has 2 aromatic carbocycles. The van der Waals surface area contributed by atoms with E-state index in [9.17, 15) is 9.50 Å². The number of phenols is 1. The summed E-state index contributed by atoms with van der Waals surface area (Å²) in [6.45, 7) is 0. The van der Waals surface area contributed by atoms with E-state index in [1.54, 1.807) is 18.2 Å². The summed E-state index contributed by atoms with van der Waals surface area (Å²) in [5.74, 6) is 0.730. The second-order valence-corrected chi connectivity index (χ2v) is 6.34. The molecule has 1 aliphatic carbocycles. The molecule has 1 heterocycles. The van der Waals surface area contributed by atoms with E-state index in [-0.39, 0.29) is 17.7 Å². The molecule has 2 aliphatic rings. The Balaban J connectivity index is 1.96. The molecule has 2 nitrogen and oxygen atoms in total. The molecule has 2 atom stereocenters. The van der Waals surface area contributed by atoms with Crippen LogP contribution in [0.2, 0.25) is 0 Å². The fourth-order valence-electron chi connectivity index (χ4n) is 4.19. The van der Waals surface area contributed by atoms with Crippen LogP contribution in [-0.4, -0.2) is 11.2 Å². The molecular formula is C19H19FO2. The Morgan fingerprint density at radius 3 is 2.68 bits per heavy atom. The number of phenolic OH excluding ortho intramolecular Hbond substituents is 1. The van der Waals surface area contributed by atoms with Crippen LogP contribution in [0.15, 0.2) is 42.5 Å². The molecule has 0 bridgehead atoms. The van der Waals surface area contributed by atoms with E-state index in [2.05, 4.69) is 0 Å². The van der Waals surface area contributed by atoms with Crippen LogP contribution in [-0.2, 0) is 5.41 Å². The third kappa shape index (κ3) is 1.84. The quantitative estimate of drug-likeness (QED) is 0.837. The minimum atomic E-state index is -0.426. The number of halogens is 1. The zero-order valence-corrected chi connectivity index (χ0v) is 12.4. The van der Waals surface area contributed by atoms with Crippen LogP contribution < -0.4 is 4.74 Å². The minimum Gasteiger partial charge on any atom is -0.508 e. The van der Waals surface area contributed by atoms with Gasteiger partial charge in [0.2, 0.25) is 0 Å². The third-order valence-electron chi connectivity index (χ3n) is 5.16. The van der Waals surface area contributed by atoms with Crippen molar-refractivity contribution >= 4 is 0 Å². The van der Waals surface area contributed by atoms with Gasteiger partial charge in [0.05, 0.1) is 5.41 Å². The summed E-state index contributed by atoms with van der Waals surface area (Å²) in [4.78, 5) is 0. The van der Waals surface area contributed by atoms with Crippen molar-refractivity contribution in [3.63, 3.8) is 0 Å². The standard InChI is InChI=1S/C19H19FO2/c20-15-5-4-6-16-18(15)19(13-8-10-14(21)11-9-13)12-3-1-2-7-17(19)22-16/h4-6,8-11,17,21H,1-3,7,12H2/t17-,19-/m0/s1. The van der Waals surface area contributed by atoms with E-state index < -0.39 is 5.41 Å². The van der Waals surface area contributed by atoms with Crippen LogP contribution in [0.25, 0.3) is 0 Å². The first-order valence-electron chi connectivity index (χ1n) is 7.97. The smallest absolute Gasteiger partial charge is 0.131 e. The molecule has 1 saturated carbocycles. The highest BCUT2D eigenvalue weighted by Gasteiger charge is 2.51. The van der Waals surface area contributed by atoms with Gasteiger partial charge in [0.25, 0.3) is 0 Å². The van der Waals surface area contributed by atoms with Gasteiger partial charge in [-0.1, -0.05) is 31.0 Å². The topological polar surface area (TPSA) is 29.5 Å². The monoisotopic (exact) mass is 298 g/mol. The normalized spacial score (nSPS) is 26.7. The fraction of sp³-hybridized carbons (Fsp3) is 0.368. The number of hydrogen-bond donors (Lipinski definition) is 1. The van der Waals surface area contributed by atoms with Crippen molar-refractivity contribution in [2.75, 3.05) is 0 Å². The molecule has 1 aliphatic heterocycles. The van der Waals surface area contributed by atoms with Gasteiger partial charge in [0.15, 0.2) is 0 Å². The highest BCUT2D eigenvalue weighted by atomic mass is 19.1. The Hall–Kier alpha value is -2.03. The molecule has 0 amide bonds. The summed E-state index contributed by atoms with van der Waals surface area (Å²) in [7, 11) is 0. The molecule has 0 aromatic heterocycles. The summed E-state index contributed by atoms with van der Waals surface area (Å²) >= 11 is 0. The Morgan fingerprint density at radius 2 is 1.86 bits per heavy atom. The summed E-state index contributed by atoms with van der Waals surface area (Å²) in [6, 6.07) is 12.3. The molecular weight excluding hydrogens is 279 g/mol.